The van der Waals surface area contributed by atoms with Crippen LogP contribution in [0.15, 0.2) is 42.5 Å². The van der Waals surface area contributed by atoms with Gasteiger partial charge in [-0.05, 0) is 32.0 Å². The quantitative estimate of drug-likeness (QED) is 0.755. The summed E-state index contributed by atoms with van der Waals surface area (Å²) < 4.78 is 19.1. The number of hydrogen-bond acceptors (Lipinski definition) is 3. The van der Waals surface area contributed by atoms with Crippen molar-refractivity contribution < 1.29 is 18.7 Å². The summed E-state index contributed by atoms with van der Waals surface area (Å²) in [5.41, 5.74) is 1.94. The minimum absolute atomic E-state index is 0.0144. The number of rotatable bonds is 7. The van der Waals surface area contributed by atoms with Crippen LogP contribution >= 0.6 is 0 Å². The van der Waals surface area contributed by atoms with Crippen molar-refractivity contribution in [2.75, 3.05) is 7.11 Å². The molecule has 0 aliphatic heterocycles. The van der Waals surface area contributed by atoms with Crippen LogP contribution in [-0.2, 0) is 4.79 Å². The number of benzene rings is 2. The van der Waals surface area contributed by atoms with Crippen molar-refractivity contribution >= 4 is 11.7 Å². The second-order valence-electron chi connectivity index (χ2n) is 6.48. The highest BCUT2D eigenvalue weighted by Crippen LogP contribution is 2.26. The van der Waals surface area contributed by atoms with Crippen LogP contribution in [0.3, 0.4) is 0 Å². The molecular formula is C21H24FNO3. The second-order valence-corrected chi connectivity index (χ2v) is 6.48. The minimum Gasteiger partial charge on any atom is -0.496 e. The third kappa shape index (κ3) is 4.69. The number of hydrogen-bond donors (Lipinski definition) is 1. The zero-order valence-corrected chi connectivity index (χ0v) is 15.5. The molecule has 0 heterocycles. The molecule has 0 aromatic heterocycles. The summed E-state index contributed by atoms with van der Waals surface area (Å²) in [7, 11) is 1.58. The zero-order valence-electron chi connectivity index (χ0n) is 15.5. The lowest BCUT2D eigenvalue weighted by molar-refractivity contribution is -0.125. The fourth-order valence-corrected chi connectivity index (χ4v) is 2.79. The van der Waals surface area contributed by atoms with Gasteiger partial charge in [0, 0.05) is 17.9 Å². The molecular weight excluding hydrogens is 333 g/mol. The van der Waals surface area contributed by atoms with Gasteiger partial charge in [-0.3, -0.25) is 9.59 Å². The van der Waals surface area contributed by atoms with E-state index in [0.717, 1.165) is 11.1 Å². The lowest BCUT2D eigenvalue weighted by Gasteiger charge is -2.20. The molecule has 0 saturated carbocycles. The van der Waals surface area contributed by atoms with Gasteiger partial charge in [-0.1, -0.05) is 36.8 Å². The molecule has 2 aromatic rings. The lowest BCUT2D eigenvalue weighted by atomic mass is 9.97. The number of halogens is 1. The molecule has 4 nitrogen and oxygen atoms in total. The highest BCUT2D eigenvalue weighted by molar-refractivity contribution is 5.98. The summed E-state index contributed by atoms with van der Waals surface area (Å²) in [6, 6.07) is 11.3. The van der Waals surface area contributed by atoms with Crippen LogP contribution in [0.4, 0.5) is 4.39 Å². The summed E-state index contributed by atoms with van der Waals surface area (Å²) >= 11 is 0. The van der Waals surface area contributed by atoms with E-state index in [1.54, 1.807) is 20.1 Å². The van der Waals surface area contributed by atoms with Crippen LogP contribution < -0.4 is 10.1 Å². The molecule has 0 spiro atoms. The third-order valence-corrected chi connectivity index (χ3v) is 4.32. The molecule has 0 fully saturated rings. The van der Waals surface area contributed by atoms with E-state index in [-0.39, 0.29) is 29.7 Å². The zero-order chi connectivity index (χ0) is 19.3. The molecule has 1 N–H and O–H groups in total. The smallest absolute Gasteiger partial charge is 0.223 e. The molecule has 1 amide bonds. The average molecular weight is 357 g/mol. The number of carbonyl (C=O) groups is 2. The molecule has 2 aromatic carbocycles. The molecule has 26 heavy (non-hydrogen) atoms. The molecule has 5 heteroatoms. The summed E-state index contributed by atoms with van der Waals surface area (Å²) in [6.45, 7) is 5.49. The Balaban J connectivity index is 2.04. The average Bonchev–Trinajstić information content (AvgIpc) is 2.61. The fourth-order valence-electron chi connectivity index (χ4n) is 2.79. The Labute approximate surface area is 153 Å². The highest BCUT2D eigenvalue weighted by atomic mass is 19.1. The molecule has 0 bridgehead atoms. The van der Waals surface area contributed by atoms with Crippen LogP contribution in [0.25, 0.3) is 0 Å². The van der Waals surface area contributed by atoms with Crippen molar-refractivity contribution in [2.24, 2.45) is 5.92 Å². The maximum absolute atomic E-state index is 13.7. The second kappa shape index (κ2) is 8.61. The van der Waals surface area contributed by atoms with Crippen molar-refractivity contribution in [2.45, 2.75) is 33.2 Å². The van der Waals surface area contributed by atoms with Gasteiger partial charge in [0.1, 0.15) is 11.6 Å². The van der Waals surface area contributed by atoms with Gasteiger partial charge in [0.25, 0.3) is 0 Å². The van der Waals surface area contributed by atoms with Crippen molar-refractivity contribution in [1.29, 1.82) is 0 Å². The van der Waals surface area contributed by atoms with E-state index in [1.807, 2.05) is 32.0 Å². The molecule has 2 rings (SSSR count). The van der Waals surface area contributed by atoms with Crippen molar-refractivity contribution in [3.8, 4) is 5.75 Å². The van der Waals surface area contributed by atoms with Crippen LogP contribution in [0.5, 0.6) is 5.75 Å². The number of amides is 1. The van der Waals surface area contributed by atoms with Gasteiger partial charge in [-0.15, -0.1) is 0 Å². The summed E-state index contributed by atoms with van der Waals surface area (Å²) in [5.74, 6) is -1.08. The highest BCUT2D eigenvalue weighted by Gasteiger charge is 2.22. The van der Waals surface area contributed by atoms with E-state index in [4.69, 9.17) is 4.74 Å². The molecule has 2 unspecified atom stereocenters. The van der Waals surface area contributed by atoms with E-state index in [2.05, 4.69) is 5.32 Å². The summed E-state index contributed by atoms with van der Waals surface area (Å²) in [4.78, 5) is 24.7. The number of aryl methyl sites for hydroxylation is 1. The Bertz CT molecular complexity index is 804. The molecule has 0 aliphatic rings. The number of ether oxygens (including phenoxy) is 1. The maximum Gasteiger partial charge on any atom is 0.223 e. The van der Waals surface area contributed by atoms with Gasteiger partial charge in [0.15, 0.2) is 5.78 Å². The Hall–Kier alpha value is -2.69. The molecule has 0 aliphatic carbocycles. The van der Waals surface area contributed by atoms with Crippen LogP contribution in [0.2, 0.25) is 0 Å². The fraction of sp³-hybridized carbons (Fsp3) is 0.333. The van der Waals surface area contributed by atoms with Gasteiger partial charge >= 0.3 is 0 Å². The minimum atomic E-state index is -0.569. The normalized spacial score (nSPS) is 13.0. The number of carbonyl (C=O) groups excluding carboxylic acids is 2. The topological polar surface area (TPSA) is 55.4 Å². The first-order chi connectivity index (χ1) is 12.3. The number of ketones is 1. The molecule has 0 radical (unpaired) electrons. The van der Waals surface area contributed by atoms with Crippen molar-refractivity contribution in [3.05, 3.63) is 65.0 Å². The Morgan fingerprint density at radius 3 is 2.50 bits per heavy atom. The summed E-state index contributed by atoms with van der Waals surface area (Å²) in [5, 5.41) is 2.90. The van der Waals surface area contributed by atoms with Gasteiger partial charge in [0.2, 0.25) is 5.91 Å². The maximum atomic E-state index is 13.7. The Morgan fingerprint density at radius 2 is 1.85 bits per heavy atom. The van der Waals surface area contributed by atoms with E-state index >= 15 is 0 Å². The Kier molecular flexibility index (Phi) is 6.50. The first-order valence-corrected chi connectivity index (χ1v) is 8.56. The van der Waals surface area contributed by atoms with Gasteiger partial charge in [-0.2, -0.15) is 0 Å². The van der Waals surface area contributed by atoms with Gasteiger partial charge in [-0.25, -0.2) is 4.39 Å². The van der Waals surface area contributed by atoms with E-state index in [9.17, 15) is 14.0 Å². The summed E-state index contributed by atoms with van der Waals surface area (Å²) in [6.07, 6.45) is -0.0512. The van der Waals surface area contributed by atoms with Crippen LogP contribution in [-0.4, -0.2) is 18.8 Å². The predicted octanol–water partition coefficient (Wildman–Crippen LogP) is 4.23. The first kappa shape index (κ1) is 19.6. The monoisotopic (exact) mass is 357 g/mol. The van der Waals surface area contributed by atoms with E-state index < -0.39 is 11.7 Å². The standard InChI is InChI=1S/C21H24FNO3/c1-13-9-10-20(26-4)17(11-13)15(3)23-21(25)14(2)12-19(24)16-7-5-6-8-18(16)22/h5-11,14-15H,12H2,1-4H3,(H,23,25). The predicted molar refractivity (Wildman–Crippen MR) is 98.8 cm³/mol. The SMILES string of the molecule is COc1ccc(C)cc1C(C)NC(=O)C(C)CC(=O)c1ccccc1F. The number of nitrogens with one attached hydrogen (secondary N) is 1. The third-order valence-electron chi connectivity index (χ3n) is 4.32. The van der Waals surface area contributed by atoms with Crippen molar-refractivity contribution in [1.82, 2.24) is 5.32 Å². The molecule has 0 saturated heterocycles. The van der Waals surface area contributed by atoms with E-state index in [1.165, 1.54) is 18.2 Å². The number of methoxy groups -OCH3 is 1. The van der Waals surface area contributed by atoms with Crippen LogP contribution in [0, 0.1) is 18.7 Å². The molecule has 138 valence electrons. The first-order valence-electron chi connectivity index (χ1n) is 8.56. The van der Waals surface area contributed by atoms with Crippen molar-refractivity contribution in [3.63, 3.8) is 0 Å². The largest absolute Gasteiger partial charge is 0.496 e. The van der Waals surface area contributed by atoms with Gasteiger partial charge in [0.05, 0.1) is 18.7 Å². The van der Waals surface area contributed by atoms with Gasteiger partial charge < -0.3 is 10.1 Å². The lowest BCUT2D eigenvalue weighted by Crippen LogP contribution is -2.33. The van der Waals surface area contributed by atoms with Crippen LogP contribution in [0.1, 0.15) is 47.8 Å². The molecule has 2 atom stereocenters. The number of Topliss-reactive ketones (excluding diaryl/α,β-unsaturated/α-hetero) is 1. The Morgan fingerprint density at radius 1 is 1.15 bits per heavy atom. The van der Waals surface area contributed by atoms with E-state index in [0.29, 0.717) is 5.75 Å².